The number of ketones is 1. The zero-order valence-corrected chi connectivity index (χ0v) is 17.0. The number of rotatable bonds is 5. The average molecular weight is 425 g/mol. The summed E-state index contributed by atoms with van der Waals surface area (Å²) in [6, 6.07) is 4.94. The van der Waals surface area contributed by atoms with Gasteiger partial charge in [-0.15, -0.1) is 0 Å². The minimum Gasteiger partial charge on any atom is -0.457 e. The molecule has 3 fully saturated rings. The van der Waals surface area contributed by atoms with Crippen LogP contribution in [0.5, 0.6) is 0 Å². The molecule has 0 spiro atoms. The highest BCUT2D eigenvalue weighted by molar-refractivity contribution is 6.06. The van der Waals surface area contributed by atoms with Gasteiger partial charge < -0.3 is 4.74 Å². The molecule has 1 aromatic carbocycles. The standard InChI is InChI=1S/C24H24FNO5/c25-17-7-3-13(4-8-17)19(27)12-31-24(30)14-5-9-18(10-6-14)26-22(28)20-15-1-2-16(11-15)21(20)23(26)29/h1-4,7-8,14-16,18,20-21H,5-6,9-12H2/t14?,15-,16-,18?,20-,21+/m0/s1. The molecular weight excluding hydrogens is 401 g/mol. The van der Waals surface area contributed by atoms with Gasteiger partial charge >= 0.3 is 5.97 Å². The Kier molecular flexibility index (Phi) is 4.99. The van der Waals surface area contributed by atoms with E-state index in [2.05, 4.69) is 12.2 Å². The van der Waals surface area contributed by atoms with Crippen LogP contribution in [0.25, 0.3) is 0 Å². The van der Waals surface area contributed by atoms with Crippen molar-refractivity contribution in [3.05, 3.63) is 47.8 Å². The molecule has 2 amide bonds. The maximum atomic E-state index is 13.0. The molecule has 162 valence electrons. The van der Waals surface area contributed by atoms with E-state index in [-0.39, 0.29) is 65.4 Å². The molecule has 0 N–H and O–H groups in total. The molecule has 2 bridgehead atoms. The fourth-order valence-corrected chi connectivity index (χ4v) is 5.83. The number of amides is 2. The zero-order chi connectivity index (χ0) is 21.7. The number of ether oxygens (including phenoxy) is 1. The molecule has 31 heavy (non-hydrogen) atoms. The Morgan fingerprint density at radius 3 is 2.10 bits per heavy atom. The Balaban J connectivity index is 1.13. The first-order chi connectivity index (χ1) is 14.9. The average Bonchev–Trinajstić information content (AvgIpc) is 3.46. The number of likely N-dealkylation sites (tertiary alicyclic amines) is 1. The summed E-state index contributed by atoms with van der Waals surface area (Å²) in [5.74, 6) is -1.67. The first-order valence-corrected chi connectivity index (χ1v) is 10.9. The monoisotopic (exact) mass is 425 g/mol. The maximum absolute atomic E-state index is 13.0. The number of fused-ring (bicyclic) bond motifs is 5. The SMILES string of the molecule is O=C(COC(=O)C1CCC(N2C(=O)[C@@H]3[C@H](C2=O)[C@H]2C=C[C@H]3C2)CC1)c1ccc(F)cc1. The smallest absolute Gasteiger partial charge is 0.309 e. The lowest BCUT2D eigenvalue weighted by molar-refractivity contribution is -0.149. The fourth-order valence-electron chi connectivity index (χ4n) is 5.83. The van der Waals surface area contributed by atoms with Gasteiger partial charge in [0.25, 0.3) is 0 Å². The molecule has 2 saturated carbocycles. The first kappa shape index (κ1) is 20.1. The number of imide groups is 1. The van der Waals surface area contributed by atoms with E-state index in [0.29, 0.717) is 25.7 Å². The molecule has 6 nitrogen and oxygen atoms in total. The van der Waals surface area contributed by atoms with Crippen LogP contribution < -0.4 is 0 Å². The van der Waals surface area contributed by atoms with Crippen LogP contribution in [-0.4, -0.2) is 41.1 Å². The second-order valence-electron chi connectivity index (χ2n) is 9.09. The lowest BCUT2D eigenvalue weighted by Gasteiger charge is -2.33. The van der Waals surface area contributed by atoms with Crippen molar-refractivity contribution >= 4 is 23.6 Å². The highest BCUT2D eigenvalue weighted by atomic mass is 19.1. The molecule has 7 heteroatoms. The van der Waals surface area contributed by atoms with Gasteiger partial charge in [-0.1, -0.05) is 12.2 Å². The normalized spacial score (nSPS) is 33.6. The maximum Gasteiger partial charge on any atom is 0.309 e. The van der Waals surface area contributed by atoms with Crippen molar-refractivity contribution in [1.82, 2.24) is 4.90 Å². The Labute approximate surface area is 179 Å². The summed E-state index contributed by atoms with van der Waals surface area (Å²) in [4.78, 5) is 51.9. The fraction of sp³-hybridized carbons (Fsp3) is 0.500. The van der Waals surface area contributed by atoms with Crippen LogP contribution in [0, 0.1) is 35.4 Å². The van der Waals surface area contributed by atoms with E-state index in [9.17, 15) is 23.6 Å². The molecule has 0 unspecified atom stereocenters. The molecule has 4 atom stereocenters. The van der Waals surface area contributed by atoms with E-state index in [1.165, 1.54) is 29.2 Å². The third kappa shape index (κ3) is 3.40. The van der Waals surface area contributed by atoms with Crippen LogP contribution in [0.4, 0.5) is 4.39 Å². The van der Waals surface area contributed by atoms with E-state index in [0.717, 1.165) is 6.42 Å². The Bertz CT molecular complexity index is 933. The Morgan fingerprint density at radius 1 is 0.935 bits per heavy atom. The molecule has 1 saturated heterocycles. The number of benzene rings is 1. The summed E-state index contributed by atoms with van der Waals surface area (Å²) in [6.07, 6.45) is 7.27. The van der Waals surface area contributed by atoms with Crippen molar-refractivity contribution in [1.29, 1.82) is 0 Å². The van der Waals surface area contributed by atoms with Crippen molar-refractivity contribution in [2.45, 2.75) is 38.1 Å². The predicted octanol–water partition coefficient (Wildman–Crippen LogP) is 2.92. The van der Waals surface area contributed by atoms with Crippen LogP contribution >= 0.6 is 0 Å². The number of carbonyl (C=O) groups is 4. The van der Waals surface area contributed by atoms with Gasteiger partial charge in [-0.05, 0) is 68.2 Å². The summed E-state index contributed by atoms with van der Waals surface area (Å²) >= 11 is 0. The molecule has 3 aliphatic carbocycles. The minimum atomic E-state index is -0.438. The molecule has 5 rings (SSSR count). The second-order valence-corrected chi connectivity index (χ2v) is 9.09. The number of esters is 1. The largest absolute Gasteiger partial charge is 0.457 e. The van der Waals surface area contributed by atoms with E-state index < -0.39 is 11.8 Å². The Morgan fingerprint density at radius 2 is 1.52 bits per heavy atom. The summed E-state index contributed by atoms with van der Waals surface area (Å²) in [5, 5.41) is 0. The van der Waals surface area contributed by atoms with Crippen LogP contribution in [0.1, 0.15) is 42.5 Å². The molecule has 1 heterocycles. The summed E-state index contributed by atoms with van der Waals surface area (Å²) < 4.78 is 18.2. The molecule has 1 aliphatic heterocycles. The number of hydrogen-bond donors (Lipinski definition) is 0. The minimum absolute atomic E-state index is 0.0391. The van der Waals surface area contributed by atoms with E-state index in [1.807, 2.05) is 0 Å². The zero-order valence-electron chi connectivity index (χ0n) is 17.0. The first-order valence-electron chi connectivity index (χ1n) is 10.9. The lowest BCUT2D eigenvalue weighted by Crippen LogP contribution is -2.44. The van der Waals surface area contributed by atoms with Gasteiger partial charge in [-0.2, -0.15) is 0 Å². The predicted molar refractivity (Wildman–Crippen MR) is 107 cm³/mol. The van der Waals surface area contributed by atoms with Gasteiger partial charge in [-0.25, -0.2) is 4.39 Å². The van der Waals surface area contributed by atoms with Crippen LogP contribution in [-0.2, 0) is 19.1 Å². The highest BCUT2D eigenvalue weighted by Crippen LogP contribution is 2.53. The van der Waals surface area contributed by atoms with Gasteiger partial charge in [0.1, 0.15) is 5.82 Å². The molecule has 4 aliphatic rings. The second kappa shape index (κ2) is 7.70. The van der Waals surface area contributed by atoms with Gasteiger partial charge in [0, 0.05) is 11.6 Å². The summed E-state index contributed by atoms with van der Waals surface area (Å²) in [7, 11) is 0. The molecule has 0 aromatic heterocycles. The number of hydrogen-bond acceptors (Lipinski definition) is 5. The summed E-state index contributed by atoms with van der Waals surface area (Å²) in [5.41, 5.74) is 0.290. The number of allylic oxidation sites excluding steroid dienone is 2. The topological polar surface area (TPSA) is 80.8 Å². The van der Waals surface area contributed by atoms with E-state index >= 15 is 0 Å². The van der Waals surface area contributed by atoms with Crippen LogP contribution in [0.3, 0.4) is 0 Å². The molecular formula is C24H24FNO5. The van der Waals surface area contributed by atoms with Crippen molar-refractivity contribution < 1.29 is 28.3 Å². The van der Waals surface area contributed by atoms with Crippen molar-refractivity contribution in [2.24, 2.45) is 29.6 Å². The number of Topliss-reactive ketones (excluding diaryl/α,β-unsaturated/α-hetero) is 1. The highest BCUT2D eigenvalue weighted by Gasteiger charge is 2.60. The Hall–Kier alpha value is -2.83. The van der Waals surface area contributed by atoms with Gasteiger partial charge in [0.15, 0.2) is 12.4 Å². The lowest BCUT2D eigenvalue weighted by atomic mass is 9.85. The van der Waals surface area contributed by atoms with Gasteiger partial charge in [0.05, 0.1) is 17.8 Å². The van der Waals surface area contributed by atoms with Crippen LogP contribution in [0.2, 0.25) is 0 Å². The van der Waals surface area contributed by atoms with Crippen molar-refractivity contribution in [3.8, 4) is 0 Å². The number of nitrogens with zero attached hydrogens (tertiary/aromatic N) is 1. The van der Waals surface area contributed by atoms with Crippen molar-refractivity contribution in [3.63, 3.8) is 0 Å². The number of carbonyl (C=O) groups excluding carboxylic acids is 4. The molecule has 1 aromatic rings. The van der Waals surface area contributed by atoms with E-state index in [4.69, 9.17) is 4.74 Å². The third-order valence-corrected chi connectivity index (χ3v) is 7.41. The van der Waals surface area contributed by atoms with E-state index in [1.54, 1.807) is 0 Å². The molecule has 0 radical (unpaired) electrons. The van der Waals surface area contributed by atoms with Gasteiger partial charge in [0.2, 0.25) is 11.8 Å². The van der Waals surface area contributed by atoms with Gasteiger partial charge in [-0.3, -0.25) is 24.1 Å². The quantitative estimate of drug-likeness (QED) is 0.314. The van der Waals surface area contributed by atoms with Crippen molar-refractivity contribution in [2.75, 3.05) is 6.61 Å². The third-order valence-electron chi connectivity index (χ3n) is 7.41. The summed E-state index contributed by atoms with van der Waals surface area (Å²) in [6.45, 7) is -0.382. The van der Waals surface area contributed by atoms with Crippen LogP contribution in [0.15, 0.2) is 36.4 Å². The number of halogens is 1.